The van der Waals surface area contributed by atoms with Crippen LogP contribution in [0.5, 0.6) is 0 Å². The molecule has 1 aromatic heterocycles. The zero-order valence-corrected chi connectivity index (χ0v) is 9.73. The number of piperidine rings is 1. The molecule has 0 aromatic carbocycles. The van der Waals surface area contributed by atoms with Gasteiger partial charge in [-0.1, -0.05) is 0 Å². The molecule has 1 fully saturated rings. The molecule has 2 rings (SSSR count). The molecular formula is C11H16N4O. The molecule has 0 spiro atoms. The van der Waals surface area contributed by atoms with Crippen molar-refractivity contribution in [3.63, 3.8) is 0 Å². The minimum Gasteiger partial charge on any atom is -0.340 e. The van der Waals surface area contributed by atoms with Crippen LogP contribution >= 0.6 is 0 Å². The molecule has 0 N–H and O–H groups in total. The molecule has 2 heterocycles. The number of rotatable bonds is 2. The van der Waals surface area contributed by atoms with E-state index >= 15 is 0 Å². The van der Waals surface area contributed by atoms with Gasteiger partial charge >= 0.3 is 0 Å². The van der Waals surface area contributed by atoms with Gasteiger partial charge in [0, 0.05) is 20.0 Å². The molecule has 1 aliphatic heterocycles. The molecule has 86 valence electrons. The third-order valence-electron chi connectivity index (χ3n) is 2.82. The van der Waals surface area contributed by atoms with E-state index in [2.05, 4.69) is 20.1 Å². The summed E-state index contributed by atoms with van der Waals surface area (Å²) in [6.45, 7) is 5.26. The maximum Gasteiger partial charge on any atom is 0.245 e. The fraction of sp³-hybridized carbons (Fsp3) is 0.636. The standard InChI is InChI=1S/C11H16N4O/c1-8-10(9(2)16)13-14-11(12-8)15-6-4-3-5-7-15/h3-7H2,1-2H3. The van der Waals surface area contributed by atoms with Crippen LogP contribution in [0.2, 0.25) is 0 Å². The molecule has 16 heavy (non-hydrogen) atoms. The zero-order valence-electron chi connectivity index (χ0n) is 9.73. The van der Waals surface area contributed by atoms with Crippen LogP contribution in [0.25, 0.3) is 0 Å². The summed E-state index contributed by atoms with van der Waals surface area (Å²) in [6, 6.07) is 0. The van der Waals surface area contributed by atoms with E-state index in [9.17, 15) is 4.79 Å². The van der Waals surface area contributed by atoms with E-state index in [1.807, 2.05) is 0 Å². The second kappa shape index (κ2) is 4.55. The highest BCUT2D eigenvalue weighted by molar-refractivity contribution is 5.92. The van der Waals surface area contributed by atoms with E-state index in [4.69, 9.17) is 0 Å². The van der Waals surface area contributed by atoms with E-state index in [-0.39, 0.29) is 5.78 Å². The Morgan fingerprint density at radius 1 is 1.19 bits per heavy atom. The monoisotopic (exact) mass is 220 g/mol. The number of carbonyl (C=O) groups excluding carboxylic acids is 1. The fourth-order valence-electron chi connectivity index (χ4n) is 1.95. The average Bonchev–Trinajstić information content (AvgIpc) is 2.29. The van der Waals surface area contributed by atoms with Crippen LogP contribution < -0.4 is 4.90 Å². The third-order valence-corrected chi connectivity index (χ3v) is 2.82. The Kier molecular flexibility index (Phi) is 3.12. The molecule has 0 atom stereocenters. The van der Waals surface area contributed by atoms with Crippen LogP contribution in [-0.2, 0) is 0 Å². The molecule has 0 saturated carbocycles. The summed E-state index contributed by atoms with van der Waals surface area (Å²) in [6.07, 6.45) is 3.63. The van der Waals surface area contributed by atoms with E-state index in [1.165, 1.54) is 26.2 Å². The molecule has 1 aromatic rings. The Balaban J connectivity index is 2.23. The second-order valence-corrected chi connectivity index (χ2v) is 4.15. The highest BCUT2D eigenvalue weighted by Crippen LogP contribution is 2.15. The van der Waals surface area contributed by atoms with Crippen molar-refractivity contribution in [2.24, 2.45) is 0 Å². The minimum atomic E-state index is -0.0808. The Labute approximate surface area is 94.9 Å². The second-order valence-electron chi connectivity index (χ2n) is 4.15. The summed E-state index contributed by atoms with van der Waals surface area (Å²) < 4.78 is 0. The molecule has 0 radical (unpaired) electrons. The lowest BCUT2D eigenvalue weighted by Gasteiger charge is -2.26. The maximum absolute atomic E-state index is 11.2. The number of Topliss-reactive ketones (excluding diaryl/α,β-unsaturated/α-hetero) is 1. The maximum atomic E-state index is 11.2. The lowest BCUT2D eigenvalue weighted by Crippen LogP contribution is -2.31. The van der Waals surface area contributed by atoms with E-state index in [1.54, 1.807) is 6.92 Å². The van der Waals surface area contributed by atoms with Gasteiger partial charge in [0.15, 0.2) is 5.78 Å². The lowest BCUT2D eigenvalue weighted by atomic mass is 10.1. The number of aromatic nitrogens is 3. The zero-order chi connectivity index (χ0) is 11.5. The highest BCUT2D eigenvalue weighted by atomic mass is 16.1. The SMILES string of the molecule is CC(=O)c1nnc(N2CCCCC2)nc1C. The first-order valence-electron chi connectivity index (χ1n) is 5.65. The first-order valence-corrected chi connectivity index (χ1v) is 5.65. The fourth-order valence-corrected chi connectivity index (χ4v) is 1.95. The Morgan fingerprint density at radius 2 is 1.88 bits per heavy atom. The Bertz CT molecular complexity index is 399. The Morgan fingerprint density at radius 3 is 2.44 bits per heavy atom. The quantitative estimate of drug-likeness (QED) is 0.704. The smallest absolute Gasteiger partial charge is 0.245 e. The number of nitrogens with zero attached hydrogens (tertiary/aromatic N) is 4. The van der Waals surface area contributed by atoms with Crippen molar-refractivity contribution in [2.75, 3.05) is 18.0 Å². The van der Waals surface area contributed by atoms with E-state index in [0.717, 1.165) is 13.1 Å². The van der Waals surface area contributed by atoms with Gasteiger partial charge in [-0.25, -0.2) is 4.98 Å². The van der Waals surface area contributed by atoms with Crippen LogP contribution in [0.3, 0.4) is 0 Å². The number of hydrogen-bond acceptors (Lipinski definition) is 5. The average molecular weight is 220 g/mol. The highest BCUT2D eigenvalue weighted by Gasteiger charge is 2.16. The molecule has 5 heteroatoms. The third kappa shape index (κ3) is 2.18. The van der Waals surface area contributed by atoms with Crippen molar-refractivity contribution in [3.05, 3.63) is 11.4 Å². The number of carbonyl (C=O) groups is 1. The number of anilines is 1. The van der Waals surface area contributed by atoms with Gasteiger partial charge in [-0.05, 0) is 26.2 Å². The lowest BCUT2D eigenvalue weighted by molar-refractivity contribution is 0.101. The minimum absolute atomic E-state index is 0.0808. The van der Waals surface area contributed by atoms with Crippen molar-refractivity contribution in [1.29, 1.82) is 0 Å². The van der Waals surface area contributed by atoms with Gasteiger partial charge in [0.05, 0.1) is 5.69 Å². The summed E-state index contributed by atoms with van der Waals surface area (Å²) in [5, 5.41) is 7.98. The van der Waals surface area contributed by atoms with Gasteiger partial charge in [0.2, 0.25) is 5.95 Å². The van der Waals surface area contributed by atoms with Gasteiger partial charge < -0.3 is 4.90 Å². The van der Waals surface area contributed by atoms with Crippen LogP contribution in [0, 0.1) is 6.92 Å². The molecule has 0 bridgehead atoms. The summed E-state index contributed by atoms with van der Waals surface area (Å²) in [4.78, 5) is 17.7. The van der Waals surface area contributed by atoms with Crippen molar-refractivity contribution < 1.29 is 4.79 Å². The predicted octanol–water partition coefficient (Wildman–Crippen LogP) is 1.37. The van der Waals surface area contributed by atoms with Gasteiger partial charge in [-0.2, -0.15) is 0 Å². The Hall–Kier alpha value is -1.52. The number of aryl methyl sites for hydroxylation is 1. The van der Waals surface area contributed by atoms with Crippen molar-refractivity contribution >= 4 is 11.7 Å². The molecule has 0 amide bonds. The summed E-state index contributed by atoms with van der Waals surface area (Å²) in [5.41, 5.74) is 1.05. The van der Waals surface area contributed by atoms with Crippen molar-refractivity contribution in [3.8, 4) is 0 Å². The first kappa shape index (κ1) is 11.0. The summed E-state index contributed by atoms with van der Waals surface area (Å²) in [5.74, 6) is 0.574. The molecule has 5 nitrogen and oxygen atoms in total. The molecular weight excluding hydrogens is 204 g/mol. The molecule has 1 aliphatic rings. The molecule has 1 saturated heterocycles. The predicted molar refractivity (Wildman–Crippen MR) is 60.6 cm³/mol. The van der Waals surface area contributed by atoms with E-state index in [0.29, 0.717) is 17.3 Å². The van der Waals surface area contributed by atoms with Crippen LogP contribution in [0.4, 0.5) is 5.95 Å². The van der Waals surface area contributed by atoms with E-state index < -0.39 is 0 Å². The number of hydrogen-bond donors (Lipinski definition) is 0. The largest absolute Gasteiger partial charge is 0.340 e. The van der Waals surface area contributed by atoms with Crippen molar-refractivity contribution in [2.45, 2.75) is 33.1 Å². The summed E-state index contributed by atoms with van der Waals surface area (Å²) in [7, 11) is 0. The number of ketones is 1. The normalized spacial score (nSPS) is 16.2. The van der Waals surface area contributed by atoms with Gasteiger partial charge in [0.1, 0.15) is 5.69 Å². The molecule has 0 unspecified atom stereocenters. The summed E-state index contributed by atoms with van der Waals surface area (Å²) >= 11 is 0. The van der Waals surface area contributed by atoms with Crippen LogP contribution in [-0.4, -0.2) is 34.1 Å². The van der Waals surface area contributed by atoms with Gasteiger partial charge in [0.25, 0.3) is 0 Å². The van der Waals surface area contributed by atoms with Crippen molar-refractivity contribution in [1.82, 2.24) is 15.2 Å². The molecule has 0 aliphatic carbocycles. The first-order chi connectivity index (χ1) is 7.68. The van der Waals surface area contributed by atoms with Crippen LogP contribution in [0.15, 0.2) is 0 Å². The topological polar surface area (TPSA) is 59.0 Å². The van der Waals surface area contributed by atoms with Crippen LogP contribution in [0.1, 0.15) is 42.4 Å². The van der Waals surface area contributed by atoms with Gasteiger partial charge in [-0.15, -0.1) is 10.2 Å². The van der Waals surface area contributed by atoms with Gasteiger partial charge in [-0.3, -0.25) is 4.79 Å².